The second kappa shape index (κ2) is 9.97. The van der Waals surface area contributed by atoms with Crippen LogP contribution in [0, 0.1) is 35.5 Å². The van der Waals surface area contributed by atoms with E-state index in [0.717, 1.165) is 17.9 Å². The molecule has 23 heavy (non-hydrogen) atoms. The van der Waals surface area contributed by atoms with E-state index in [1.54, 1.807) is 0 Å². The fourth-order valence-corrected chi connectivity index (χ4v) is 3.20. The summed E-state index contributed by atoms with van der Waals surface area (Å²) in [6.07, 6.45) is 12.8. The average molecular weight is 304 g/mol. The summed E-state index contributed by atoms with van der Waals surface area (Å²) in [7, 11) is 0. The molecule has 0 atom stereocenters. The molecule has 1 aliphatic rings. The van der Waals surface area contributed by atoms with Crippen LogP contribution in [0.25, 0.3) is 0 Å². The zero-order valence-electron chi connectivity index (χ0n) is 14.6. The van der Waals surface area contributed by atoms with E-state index in [9.17, 15) is 0 Å². The third-order valence-electron chi connectivity index (χ3n) is 4.66. The van der Waals surface area contributed by atoms with E-state index >= 15 is 0 Å². The monoisotopic (exact) mass is 304 g/mol. The third kappa shape index (κ3) is 6.38. The van der Waals surface area contributed by atoms with Crippen LogP contribution in [-0.2, 0) is 6.42 Å². The van der Waals surface area contributed by atoms with Crippen molar-refractivity contribution in [1.29, 1.82) is 0 Å². The van der Waals surface area contributed by atoms with Gasteiger partial charge in [0.05, 0.1) is 0 Å². The predicted octanol–water partition coefficient (Wildman–Crippen LogP) is 5.77. The molecule has 0 heteroatoms. The summed E-state index contributed by atoms with van der Waals surface area (Å²) < 4.78 is 0. The molecular weight excluding hydrogens is 276 g/mol. The summed E-state index contributed by atoms with van der Waals surface area (Å²) in [5.74, 6) is 14.3. The van der Waals surface area contributed by atoms with Crippen LogP contribution in [0.5, 0.6) is 0 Å². The lowest BCUT2D eigenvalue weighted by Crippen LogP contribution is -2.12. The number of rotatable bonds is 3. The van der Waals surface area contributed by atoms with Gasteiger partial charge in [0.25, 0.3) is 0 Å². The van der Waals surface area contributed by atoms with E-state index in [2.05, 4.69) is 61.8 Å². The van der Waals surface area contributed by atoms with Gasteiger partial charge in [0, 0.05) is 11.5 Å². The van der Waals surface area contributed by atoms with Gasteiger partial charge in [0.1, 0.15) is 0 Å². The van der Waals surface area contributed by atoms with Crippen LogP contribution < -0.4 is 0 Å². The number of hydrogen-bond donors (Lipinski definition) is 0. The second-order valence-electron chi connectivity index (χ2n) is 6.45. The summed E-state index contributed by atoms with van der Waals surface area (Å²) in [5.41, 5.74) is 2.42. The molecule has 0 bridgehead atoms. The minimum absolute atomic E-state index is 0.599. The SMILES string of the molecule is CCC[C@H]1CC[C@H](C#C/C=C/C#Cc2ccc(CC)cc2)CC1. The van der Waals surface area contributed by atoms with Crippen LogP contribution in [0.1, 0.15) is 63.5 Å². The lowest BCUT2D eigenvalue weighted by atomic mass is 9.80. The molecule has 120 valence electrons. The van der Waals surface area contributed by atoms with E-state index in [4.69, 9.17) is 0 Å². The highest BCUT2D eigenvalue weighted by atomic mass is 14.2. The van der Waals surface area contributed by atoms with Gasteiger partial charge < -0.3 is 0 Å². The lowest BCUT2D eigenvalue weighted by molar-refractivity contribution is 0.300. The van der Waals surface area contributed by atoms with E-state index in [-0.39, 0.29) is 0 Å². The smallest absolute Gasteiger partial charge is 0.0249 e. The summed E-state index contributed by atoms with van der Waals surface area (Å²) in [6, 6.07) is 8.45. The normalized spacial score (nSPS) is 20.4. The fourth-order valence-electron chi connectivity index (χ4n) is 3.20. The topological polar surface area (TPSA) is 0 Å². The minimum atomic E-state index is 0.599. The van der Waals surface area contributed by atoms with E-state index in [1.807, 2.05) is 12.2 Å². The van der Waals surface area contributed by atoms with Crippen molar-refractivity contribution in [3.8, 4) is 23.7 Å². The molecule has 1 aromatic carbocycles. The molecule has 0 spiro atoms. The Bertz CT molecular complexity index is 602. The van der Waals surface area contributed by atoms with Crippen molar-refractivity contribution in [2.45, 2.75) is 58.8 Å². The first-order valence-corrected chi connectivity index (χ1v) is 9.08. The predicted molar refractivity (Wildman–Crippen MR) is 100.0 cm³/mol. The number of hydrogen-bond acceptors (Lipinski definition) is 0. The minimum Gasteiger partial charge on any atom is -0.0951 e. The van der Waals surface area contributed by atoms with Crippen molar-refractivity contribution in [2.75, 3.05) is 0 Å². The Morgan fingerprint density at radius 3 is 2.30 bits per heavy atom. The van der Waals surface area contributed by atoms with Gasteiger partial charge in [0.15, 0.2) is 0 Å². The maximum atomic E-state index is 3.39. The van der Waals surface area contributed by atoms with Crippen LogP contribution >= 0.6 is 0 Å². The fraction of sp³-hybridized carbons (Fsp3) is 0.478. The molecule has 0 aromatic heterocycles. The first kappa shape index (κ1) is 17.4. The van der Waals surface area contributed by atoms with Gasteiger partial charge in [-0.15, -0.1) is 0 Å². The first-order chi connectivity index (χ1) is 11.3. The summed E-state index contributed by atoms with van der Waals surface area (Å²) in [6.45, 7) is 4.45. The number of allylic oxidation sites excluding steroid dienone is 2. The standard InChI is InChI=1S/C23H28/c1-3-9-21-16-18-23(19-17-21)11-8-6-5-7-10-22-14-12-20(4-2)13-15-22/h5-6,12-15,21,23H,3-4,9,16-19H2,1-2H3/b6-5+/t21-,23-. The molecule has 1 saturated carbocycles. The van der Waals surface area contributed by atoms with Gasteiger partial charge in [-0.2, -0.15) is 0 Å². The molecule has 0 unspecified atom stereocenters. The lowest BCUT2D eigenvalue weighted by Gasteiger charge is -2.25. The van der Waals surface area contributed by atoms with Gasteiger partial charge in [0.2, 0.25) is 0 Å². The molecule has 0 nitrogen and oxygen atoms in total. The molecule has 0 N–H and O–H groups in total. The first-order valence-electron chi connectivity index (χ1n) is 9.08. The Labute approximate surface area is 142 Å². The van der Waals surface area contributed by atoms with Crippen molar-refractivity contribution in [3.63, 3.8) is 0 Å². The molecular formula is C23H28. The Morgan fingerprint density at radius 1 is 0.957 bits per heavy atom. The Hall–Kier alpha value is -1.92. The molecule has 1 aliphatic carbocycles. The highest BCUT2D eigenvalue weighted by Gasteiger charge is 2.18. The molecule has 1 aromatic rings. The highest BCUT2D eigenvalue weighted by molar-refractivity contribution is 5.39. The van der Waals surface area contributed by atoms with Gasteiger partial charge in [-0.3, -0.25) is 0 Å². The average Bonchev–Trinajstić information content (AvgIpc) is 2.60. The van der Waals surface area contributed by atoms with Gasteiger partial charge in [-0.1, -0.05) is 62.5 Å². The molecule has 0 aliphatic heterocycles. The molecule has 0 heterocycles. The van der Waals surface area contributed by atoms with E-state index in [0.29, 0.717) is 5.92 Å². The van der Waals surface area contributed by atoms with Crippen LogP contribution in [0.4, 0.5) is 0 Å². The summed E-state index contributed by atoms with van der Waals surface area (Å²) >= 11 is 0. The zero-order chi connectivity index (χ0) is 16.3. The van der Waals surface area contributed by atoms with Gasteiger partial charge >= 0.3 is 0 Å². The maximum absolute atomic E-state index is 3.39. The molecule has 0 amide bonds. The van der Waals surface area contributed by atoms with Crippen molar-refractivity contribution < 1.29 is 0 Å². The molecule has 1 fully saturated rings. The van der Waals surface area contributed by atoms with Gasteiger partial charge in [-0.05, 0) is 67.9 Å². The second-order valence-corrected chi connectivity index (χ2v) is 6.45. The Balaban J connectivity index is 1.76. The third-order valence-corrected chi connectivity index (χ3v) is 4.66. The van der Waals surface area contributed by atoms with Crippen LogP contribution in [0.15, 0.2) is 36.4 Å². The largest absolute Gasteiger partial charge is 0.0951 e. The van der Waals surface area contributed by atoms with Crippen LogP contribution in [0.2, 0.25) is 0 Å². The molecule has 2 rings (SSSR count). The maximum Gasteiger partial charge on any atom is 0.0249 e. The summed E-state index contributed by atoms with van der Waals surface area (Å²) in [4.78, 5) is 0. The molecule has 0 saturated heterocycles. The summed E-state index contributed by atoms with van der Waals surface area (Å²) in [5, 5.41) is 0. The molecule has 0 radical (unpaired) electrons. The Kier molecular flexibility index (Phi) is 7.56. The van der Waals surface area contributed by atoms with Crippen molar-refractivity contribution >= 4 is 0 Å². The van der Waals surface area contributed by atoms with Crippen molar-refractivity contribution in [2.24, 2.45) is 11.8 Å². The van der Waals surface area contributed by atoms with E-state index < -0.39 is 0 Å². The van der Waals surface area contributed by atoms with Crippen LogP contribution in [-0.4, -0.2) is 0 Å². The Morgan fingerprint density at radius 2 is 1.65 bits per heavy atom. The number of benzene rings is 1. The van der Waals surface area contributed by atoms with Crippen molar-refractivity contribution in [3.05, 3.63) is 47.5 Å². The van der Waals surface area contributed by atoms with Gasteiger partial charge in [-0.25, -0.2) is 0 Å². The quantitative estimate of drug-likeness (QED) is 0.622. The van der Waals surface area contributed by atoms with Crippen molar-refractivity contribution in [1.82, 2.24) is 0 Å². The van der Waals surface area contributed by atoms with E-state index in [1.165, 1.54) is 44.1 Å². The highest BCUT2D eigenvalue weighted by Crippen LogP contribution is 2.30. The van der Waals surface area contributed by atoms with Crippen LogP contribution in [0.3, 0.4) is 0 Å². The zero-order valence-corrected chi connectivity index (χ0v) is 14.6. The number of aryl methyl sites for hydroxylation is 1.